The monoisotopic (exact) mass is 942 g/mol. The minimum absolute atomic E-state index is 0.00270. The number of phenols is 2. The Labute approximate surface area is 400 Å². The number of benzene rings is 6. The predicted octanol–water partition coefficient (Wildman–Crippen LogP) is 12.6. The van der Waals surface area contributed by atoms with Crippen molar-refractivity contribution in [2.24, 2.45) is 0 Å². The van der Waals surface area contributed by atoms with Crippen molar-refractivity contribution in [2.75, 3.05) is 17.7 Å². The molecule has 352 valence electrons. The number of nitrogens with zero attached hydrogens (tertiary/aromatic N) is 6. The lowest BCUT2D eigenvalue weighted by molar-refractivity contribution is 0.414. The number of fused-ring (bicyclic) bond motifs is 2. The van der Waals surface area contributed by atoms with Gasteiger partial charge in [0.2, 0.25) is 0 Å². The Morgan fingerprint density at radius 3 is 1.30 bits per heavy atom. The number of anilines is 2. The standard InChI is InChI=1S/C28H24F2N4O2.C27H22F2N4O/c1-17(19-5-9-24(36-2)10-6-19)33-27-25-14-26(20-3-7-23(35)8-4-20)34(28(25)32-16-31-27)15-18-11-21(29)13-22(30)12-18;1-17(19-5-3-2-4-6-19)32-26-24-14-25(20-7-9-23(34)10-8-20)33(27(24)31-16-30-26)15-18-11-21(28)13-22(29)12-18/h3-14,16-17,35H,15H2,1-2H3,(H,31,32,33);2-14,16-17,34H,15H2,1H3,(H,30,31,32)/t2*17-/m11/s1. The van der Waals surface area contributed by atoms with Crippen LogP contribution in [-0.2, 0) is 13.1 Å². The number of phenolic OH excluding ortho intramolecular Hbond substituents is 2. The molecule has 0 fully saturated rings. The Bertz CT molecular complexity index is 3380. The van der Waals surface area contributed by atoms with E-state index in [4.69, 9.17) is 4.74 Å². The fraction of sp³-hybridized carbons (Fsp3) is 0.127. The fourth-order valence-corrected chi connectivity index (χ4v) is 8.40. The Morgan fingerprint density at radius 1 is 0.500 bits per heavy atom. The third kappa shape index (κ3) is 10.4. The van der Waals surface area contributed by atoms with Crippen LogP contribution in [0.1, 0.15) is 48.2 Å². The molecule has 11 nitrogen and oxygen atoms in total. The van der Waals surface area contributed by atoms with Gasteiger partial charge in [0.25, 0.3) is 0 Å². The van der Waals surface area contributed by atoms with Gasteiger partial charge in [-0.2, -0.15) is 0 Å². The fourth-order valence-electron chi connectivity index (χ4n) is 8.40. The quantitative estimate of drug-likeness (QED) is 0.0833. The summed E-state index contributed by atoms with van der Waals surface area (Å²) in [5.41, 5.74) is 7.55. The van der Waals surface area contributed by atoms with Crippen LogP contribution in [0.2, 0.25) is 0 Å². The molecule has 0 bridgehead atoms. The molecule has 0 saturated heterocycles. The third-order valence-corrected chi connectivity index (χ3v) is 11.9. The number of aromatic nitrogens is 6. The van der Waals surface area contributed by atoms with Crippen LogP contribution in [0.5, 0.6) is 17.2 Å². The first-order valence-corrected chi connectivity index (χ1v) is 22.3. The molecule has 15 heteroatoms. The Morgan fingerprint density at radius 2 is 0.900 bits per heavy atom. The van der Waals surface area contributed by atoms with Crippen LogP contribution in [0.25, 0.3) is 44.6 Å². The van der Waals surface area contributed by atoms with E-state index in [-0.39, 0.29) is 36.7 Å². The normalized spacial score (nSPS) is 12.0. The Kier molecular flexibility index (Phi) is 13.4. The van der Waals surface area contributed by atoms with E-state index >= 15 is 0 Å². The summed E-state index contributed by atoms with van der Waals surface area (Å²) in [7, 11) is 1.63. The maximum atomic E-state index is 13.9. The second kappa shape index (κ2) is 20.2. The first kappa shape index (κ1) is 46.4. The third-order valence-electron chi connectivity index (χ3n) is 11.9. The summed E-state index contributed by atoms with van der Waals surface area (Å²) in [4.78, 5) is 18.0. The van der Waals surface area contributed by atoms with E-state index in [1.807, 2.05) is 82.8 Å². The molecule has 0 aliphatic carbocycles. The van der Waals surface area contributed by atoms with Crippen LogP contribution >= 0.6 is 0 Å². The number of halogens is 4. The minimum Gasteiger partial charge on any atom is -0.508 e. The predicted molar refractivity (Wildman–Crippen MR) is 264 cm³/mol. The largest absolute Gasteiger partial charge is 0.508 e. The molecule has 4 heterocycles. The van der Waals surface area contributed by atoms with Crippen LogP contribution in [0, 0.1) is 23.3 Å². The van der Waals surface area contributed by atoms with Crippen molar-refractivity contribution >= 4 is 33.7 Å². The molecular weight excluding hydrogens is 897 g/mol. The zero-order valence-electron chi connectivity index (χ0n) is 38.2. The number of ether oxygens (including phenoxy) is 1. The molecule has 70 heavy (non-hydrogen) atoms. The molecule has 4 aromatic heterocycles. The summed E-state index contributed by atoms with van der Waals surface area (Å²) < 4.78 is 64.7. The summed E-state index contributed by atoms with van der Waals surface area (Å²) in [6.45, 7) is 4.48. The van der Waals surface area contributed by atoms with E-state index in [2.05, 4.69) is 37.5 Å². The van der Waals surface area contributed by atoms with Crippen LogP contribution in [0.4, 0.5) is 29.2 Å². The summed E-state index contributed by atoms with van der Waals surface area (Å²) in [6.07, 6.45) is 2.94. The van der Waals surface area contributed by atoms with Gasteiger partial charge in [0.1, 0.15) is 76.1 Å². The lowest BCUT2D eigenvalue weighted by Gasteiger charge is -2.16. The van der Waals surface area contributed by atoms with E-state index in [0.29, 0.717) is 34.1 Å². The van der Waals surface area contributed by atoms with Gasteiger partial charge >= 0.3 is 0 Å². The summed E-state index contributed by atoms with van der Waals surface area (Å²) in [5, 5.41) is 28.0. The van der Waals surface area contributed by atoms with Crippen LogP contribution in [-0.4, -0.2) is 46.4 Å². The smallest absolute Gasteiger partial charge is 0.146 e. The van der Waals surface area contributed by atoms with E-state index in [1.54, 1.807) is 55.6 Å². The van der Waals surface area contributed by atoms with E-state index < -0.39 is 23.3 Å². The Hall–Kier alpha value is -8.72. The number of rotatable bonds is 13. The zero-order valence-corrected chi connectivity index (χ0v) is 38.2. The number of hydrogen-bond acceptors (Lipinski definition) is 9. The van der Waals surface area contributed by atoms with Gasteiger partial charge in [-0.3, -0.25) is 0 Å². The highest BCUT2D eigenvalue weighted by Gasteiger charge is 2.20. The molecule has 10 aromatic rings. The van der Waals surface area contributed by atoms with Crippen LogP contribution in [0.3, 0.4) is 0 Å². The molecule has 0 amide bonds. The average Bonchev–Trinajstić information content (AvgIpc) is 3.91. The number of nitrogens with one attached hydrogen (secondary N) is 2. The van der Waals surface area contributed by atoms with Crippen molar-refractivity contribution < 1.29 is 32.5 Å². The Balaban J connectivity index is 0.000000174. The molecule has 0 saturated carbocycles. The van der Waals surface area contributed by atoms with Gasteiger partial charge in [-0.15, -0.1) is 0 Å². The first-order valence-electron chi connectivity index (χ1n) is 22.3. The minimum atomic E-state index is -0.641. The molecule has 0 aliphatic heterocycles. The average molecular weight is 943 g/mol. The number of methoxy groups -OCH3 is 1. The molecule has 4 N–H and O–H groups in total. The topological polar surface area (TPSA) is 135 Å². The SMILES string of the molecule is COc1ccc([C@@H](C)Nc2ncnc3c2cc(-c2ccc(O)cc2)n3Cc2cc(F)cc(F)c2)cc1.C[C@@H](Nc1ncnc2c1cc(-c1ccc(O)cc1)n2Cc1cc(F)cc(F)c1)c1ccccc1. The van der Waals surface area contributed by atoms with Crippen molar-refractivity contribution in [1.29, 1.82) is 0 Å². The second-order valence-electron chi connectivity index (χ2n) is 16.7. The first-order chi connectivity index (χ1) is 33.9. The van der Waals surface area contributed by atoms with Crippen LogP contribution < -0.4 is 15.4 Å². The molecule has 0 spiro atoms. The summed E-state index contributed by atoms with van der Waals surface area (Å²) in [6, 6.07) is 42.1. The molecule has 0 unspecified atom stereocenters. The summed E-state index contributed by atoms with van der Waals surface area (Å²) in [5.74, 6) is -0.187. The number of aromatic hydroxyl groups is 2. The van der Waals surface area contributed by atoms with Gasteiger partial charge in [0.05, 0.1) is 29.3 Å². The van der Waals surface area contributed by atoms with Crippen molar-refractivity contribution in [3.63, 3.8) is 0 Å². The van der Waals surface area contributed by atoms with E-state index in [9.17, 15) is 27.8 Å². The van der Waals surface area contributed by atoms with Crippen molar-refractivity contribution in [1.82, 2.24) is 29.1 Å². The highest BCUT2D eigenvalue weighted by atomic mass is 19.1. The van der Waals surface area contributed by atoms with Crippen molar-refractivity contribution in [3.05, 3.63) is 210 Å². The molecule has 2 atom stereocenters. The highest BCUT2D eigenvalue weighted by Crippen LogP contribution is 2.36. The molecule has 0 radical (unpaired) electrons. The van der Waals surface area contributed by atoms with Crippen LogP contribution in [0.15, 0.2) is 164 Å². The molecule has 6 aromatic carbocycles. The molecule has 0 aliphatic rings. The van der Waals surface area contributed by atoms with E-state index in [0.717, 1.165) is 62.3 Å². The van der Waals surface area contributed by atoms with Gasteiger partial charge < -0.3 is 34.7 Å². The second-order valence-corrected chi connectivity index (χ2v) is 16.7. The van der Waals surface area contributed by atoms with E-state index in [1.165, 1.54) is 36.9 Å². The lowest BCUT2D eigenvalue weighted by atomic mass is 10.1. The molecule has 10 rings (SSSR count). The van der Waals surface area contributed by atoms with Gasteiger partial charge in [-0.25, -0.2) is 37.5 Å². The maximum Gasteiger partial charge on any atom is 0.146 e. The van der Waals surface area contributed by atoms with Gasteiger partial charge in [-0.05, 0) is 144 Å². The maximum absolute atomic E-state index is 13.9. The molecular formula is C55H46F4N8O3. The lowest BCUT2D eigenvalue weighted by Crippen LogP contribution is -2.09. The zero-order chi connectivity index (χ0) is 48.9. The van der Waals surface area contributed by atoms with Gasteiger partial charge in [0.15, 0.2) is 0 Å². The van der Waals surface area contributed by atoms with Gasteiger partial charge in [0, 0.05) is 37.3 Å². The van der Waals surface area contributed by atoms with Crippen molar-refractivity contribution in [3.8, 4) is 39.8 Å². The number of hydrogen-bond donors (Lipinski definition) is 4. The van der Waals surface area contributed by atoms with Gasteiger partial charge in [-0.1, -0.05) is 42.5 Å². The highest BCUT2D eigenvalue weighted by molar-refractivity contribution is 5.93. The van der Waals surface area contributed by atoms with Crippen molar-refractivity contribution in [2.45, 2.75) is 39.0 Å². The summed E-state index contributed by atoms with van der Waals surface area (Å²) >= 11 is 0.